The highest BCUT2D eigenvalue weighted by Gasteiger charge is 2.13. The van der Waals surface area contributed by atoms with Gasteiger partial charge in [-0.3, -0.25) is 0 Å². The lowest BCUT2D eigenvalue weighted by Gasteiger charge is -2.09. The van der Waals surface area contributed by atoms with Gasteiger partial charge in [0.2, 0.25) is 0 Å². The number of hydrogen-bond acceptors (Lipinski definition) is 5. The average molecular weight is 354 g/mol. The van der Waals surface area contributed by atoms with Gasteiger partial charge >= 0.3 is 5.97 Å². The number of para-hydroxylation sites is 1. The van der Waals surface area contributed by atoms with Gasteiger partial charge in [-0.25, -0.2) is 19.2 Å². The fourth-order valence-electron chi connectivity index (χ4n) is 2.52. The van der Waals surface area contributed by atoms with Gasteiger partial charge in [0.25, 0.3) is 0 Å². The Labute approximate surface area is 145 Å². The van der Waals surface area contributed by atoms with Crippen LogP contribution in [0.5, 0.6) is 5.75 Å². The summed E-state index contributed by atoms with van der Waals surface area (Å²) >= 11 is 1.49. The lowest BCUT2D eigenvalue weighted by molar-refractivity contribution is 0.0690. The van der Waals surface area contributed by atoms with Gasteiger partial charge in [0.1, 0.15) is 23.2 Å². The maximum absolute atomic E-state index is 13.6. The van der Waals surface area contributed by atoms with E-state index in [0.29, 0.717) is 10.9 Å². The summed E-state index contributed by atoms with van der Waals surface area (Å²) in [7, 11) is 0. The fourth-order valence-corrected chi connectivity index (χ4v) is 3.40. The maximum Gasteiger partial charge on any atom is 0.354 e. The Bertz CT molecular complexity index is 1080. The van der Waals surface area contributed by atoms with Crippen LogP contribution in [0.2, 0.25) is 0 Å². The number of rotatable bonds is 4. The van der Waals surface area contributed by atoms with Gasteiger partial charge in [0.05, 0.1) is 15.7 Å². The van der Waals surface area contributed by atoms with E-state index in [4.69, 9.17) is 4.74 Å². The average Bonchev–Trinajstić information content (AvgIpc) is 3.02. The lowest BCUT2D eigenvalue weighted by atomic mass is 10.1. The largest absolute Gasteiger partial charge is 0.486 e. The monoisotopic (exact) mass is 354 g/mol. The molecule has 4 aromatic rings. The Balaban J connectivity index is 1.71. The molecule has 0 radical (unpaired) electrons. The summed E-state index contributed by atoms with van der Waals surface area (Å²) in [5, 5.41) is 10.4. The molecule has 0 fully saturated rings. The first kappa shape index (κ1) is 15.5. The molecule has 0 amide bonds. The molecule has 2 aromatic carbocycles. The van der Waals surface area contributed by atoms with Crippen molar-refractivity contribution in [3.05, 3.63) is 65.0 Å². The van der Waals surface area contributed by atoms with Gasteiger partial charge < -0.3 is 9.84 Å². The van der Waals surface area contributed by atoms with Crippen LogP contribution in [0, 0.1) is 5.82 Å². The molecule has 0 bridgehead atoms. The lowest BCUT2D eigenvalue weighted by Crippen LogP contribution is -2.03. The van der Waals surface area contributed by atoms with E-state index >= 15 is 0 Å². The topological polar surface area (TPSA) is 72.3 Å². The van der Waals surface area contributed by atoms with Crippen molar-refractivity contribution in [2.75, 3.05) is 0 Å². The Morgan fingerprint density at radius 3 is 2.76 bits per heavy atom. The van der Waals surface area contributed by atoms with Crippen molar-refractivity contribution in [2.24, 2.45) is 0 Å². The summed E-state index contributed by atoms with van der Waals surface area (Å²) in [5.41, 5.74) is 1.09. The van der Waals surface area contributed by atoms with Crippen molar-refractivity contribution in [3.63, 3.8) is 0 Å². The molecule has 124 valence electrons. The van der Waals surface area contributed by atoms with E-state index in [1.54, 1.807) is 0 Å². The molecule has 25 heavy (non-hydrogen) atoms. The number of carboxylic acids is 1. The number of halogens is 1. The van der Waals surface area contributed by atoms with Crippen molar-refractivity contribution < 1.29 is 19.0 Å². The van der Waals surface area contributed by atoms with Crippen LogP contribution in [0.1, 0.15) is 15.5 Å². The van der Waals surface area contributed by atoms with Crippen molar-refractivity contribution in [3.8, 4) is 5.75 Å². The number of nitrogens with zero attached hydrogens (tertiary/aromatic N) is 2. The highest BCUT2D eigenvalue weighted by Crippen LogP contribution is 2.28. The molecule has 7 heteroatoms. The van der Waals surface area contributed by atoms with Crippen LogP contribution < -0.4 is 4.74 Å². The zero-order valence-electron chi connectivity index (χ0n) is 12.8. The second kappa shape index (κ2) is 6.10. The van der Waals surface area contributed by atoms with E-state index < -0.39 is 11.8 Å². The molecule has 5 nitrogen and oxygen atoms in total. The maximum atomic E-state index is 13.6. The van der Waals surface area contributed by atoms with Crippen LogP contribution in [0.25, 0.3) is 21.1 Å². The van der Waals surface area contributed by atoms with Crippen molar-refractivity contribution >= 4 is 38.4 Å². The quantitative estimate of drug-likeness (QED) is 0.593. The third kappa shape index (κ3) is 3.01. The van der Waals surface area contributed by atoms with Crippen molar-refractivity contribution in [2.45, 2.75) is 6.61 Å². The zero-order chi connectivity index (χ0) is 17.4. The zero-order valence-corrected chi connectivity index (χ0v) is 13.6. The molecule has 2 aromatic heterocycles. The molecule has 0 aliphatic rings. The molecular formula is C18H11FN2O3S. The smallest absolute Gasteiger partial charge is 0.354 e. The minimum atomic E-state index is -1.17. The van der Waals surface area contributed by atoms with Crippen LogP contribution in [0.15, 0.2) is 48.5 Å². The van der Waals surface area contributed by atoms with E-state index in [1.165, 1.54) is 35.6 Å². The third-order valence-electron chi connectivity index (χ3n) is 3.64. The second-order valence-electron chi connectivity index (χ2n) is 5.34. The number of carbonyl (C=O) groups is 1. The number of aromatic nitrogens is 2. The van der Waals surface area contributed by atoms with Crippen molar-refractivity contribution in [1.82, 2.24) is 9.97 Å². The number of carboxylic acid groups (broad SMARTS) is 1. The van der Waals surface area contributed by atoms with E-state index in [1.807, 2.05) is 24.3 Å². The Morgan fingerprint density at radius 2 is 1.96 bits per heavy atom. The Hall–Kier alpha value is -3.06. The number of pyridine rings is 1. The highest BCUT2D eigenvalue weighted by molar-refractivity contribution is 7.18. The Morgan fingerprint density at radius 1 is 1.12 bits per heavy atom. The minimum absolute atomic E-state index is 0.154. The van der Waals surface area contributed by atoms with Crippen LogP contribution in [0.3, 0.4) is 0 Å². The van der Waals surface area contributed by atoms with E-state index in [0.717, 1.165) is 15.2 Å². The standard InChI is InChI=1S/C18H11FN2O3S/c19-10-5-6-12-11(7-10)15(8-14(20-12)18(22)23)24-9-17-21-13-3-1-2-4-16(13)25-17/h1-8H,9H2,(H,22,23). The van der Waals surface area contributed by atoms with Crippen LogP contribution in [-0.4, -0.2) is 21.0 Å². The van der Waals surface area contributed by atoms with E-state index in [2.05, 4.69) is 9.97 Å². The van der Waals surface area contributed by atoms with Gasteiger partial charge in [-0.1, -0.05) is 12.1 Å². The van der Waals surface area contributed by atoms with Crippen LogP contribution >= 0.6 is 11.3 Å². The minimum Gasteiger partial charge on any atom is -0.486 e. The first-order valence-electron chi connectivity index (χ1n) is 7.41. The molecule has 0 saturated heterocycles. The number of fused-ring (bicyclic) bond motifs is 2. The molecule has 0 saturated carbocycles. The summed E-state index contributed by atoms with van der Waals surface area (Å²) in [6.07, 6.45) is 0. The molecule has 1 N–H and O–H groups in total. The summed E-state index contributed by atoms with van der Waals surface area (Å²) in [4.78, 5) is 19.7. The Kier molecular flexibility index (Phi) is 3.77. The number of thiazole rings is 1. The molecule has 0 aliphatic carbocycles. The molecule has 0 aliphatic heterocycles. The summed E-state index contributed by atoms with van der Waals surface area (Å²) in [5.74, 6) is -1.35. The first-order valence-corrected chi connectivity index (χ1v) is 8.22. The molecular weight excluding hydrogens is 343 g/mol. The highest BCUT2D eigenvalue weighted by atomic mass is 32.1. The van der Waals surface area contributed by atoms with E-state index in [9.17, 15) is 14.3 Å². The summed E-state index contributed by atoms with van der Waals surface area (Å²) in [6, 6.07) is 13.0. The van der Waals surface area contributed by atoms with Crippen LogP contribution in [-0.2, 0) is 6.61 Å². The molecule has 0 unspecified atom stereocenters. The van der Waals surface area contributed by atoms with Gasteiger partial charge in [-0.2, -0.15) is 0 Å². The number of benzene rings is 2. The predicted molar refractivity (Wildman–Crippen MR) is 92.6 cm³/mol. The van der Waals surface area contributed by atoms with Gasteiger partial charge in [-0.15, -0.1) is 11.3 Å². The molecule has 0 atom stereocenters. The van der Waals surface area contributed by atoms with Crippen LogP contribution in [0.4, 0.5) is 4.39 Å². The van der Waals surface area contributed by atoms with E-state index in [-0.39, 0.29) is 18.1 Å². The summed E-state index contributed by atoms with van der Waals surface area (Å²) in [6.45, 7) is 0.161. The SMILES string of the molecule is O=C(O)c1cc(OCc2nc3ccccc3s2)c2cc(F)ccc2n1. The van der Waals surface area contributed by atoms with Gasteiger partial charge in [0.15, 0.2) is 5.69 Å². The number of hydrogen-bond donors (Lipinski definition) is 1. The number of ether oxygens (including phenoxy) is 1. The third-order valence-corrected chi connectivity index (χ3v) is 4.65. The second-order valence-corrected chi connectivity index (χ2v) is 6.45. The number of aromatic carboxylic acids is 1. The normalized spacial score (nSPS) is 11.1. The molecule has 2 heterocycles. The predicted octanol–water partition coefficient (Wildman–Crippen LogP) is 4.26. The van der Waals surface area contributed by atoms with Gasteiger partial charge in [0, 0.05) is 11.5 Å². The van der Waals surface area contributed by atoms with Crippen molar-refractivity contribution in [1.29, 1.82) is 0 Å². The summed E-state index contributed by atoms with van der Waals surface area (Å²) < 4.78 is 20.4. The molecule has 0 spiro atoms. The first-order chi connectivity index (χ1) is 12.1. The fraction of sp³-hybridized carbons (Fsp3) is 0.0556. The molecule has 4 rings (SSSR count). The van der Waals surface area contributed by atoms with Gasteiger partial charge in [-0.05, 0) is 30.3 Å².